The van der Waals surface area contributed by atoms with Crippen LogP contribution in [-0.2, 0) is 14.8 Å². The third kappa shape index (κ3) is 6.95. The van der Waals surface area contributed by atoms with Crippen molar-refractivity contribution in [2.75, 3.05) is 30.6 Å². The molecule has 0 spiro atoms. The molecule has 0 bridgehead atoms. The Kier molecular flexibility index (Phi) is 8.89. The number of rotatable bonds is 9. The highest BCUT2D eigenvalue weighted by Crippen LogP contribution is 2.29. The molecule has 220 valence electrons. The fourth-order valence-electron chi connectivity index (χ4n) is 5.28. The summed E-state index contributed by atoms with van der Waals surface area (Å²) in [6.45, 7) is 4.20. The number of nitrogens with one attached hydrogen (secondary N) is 2. The first kappa shape index (κ1) is 30.0. The fraction of sp³-hybridized carbons (Fsp3) is 0.300. The second-order valence-electron chi connectivity index (χ2n) is 10.5. The van der Waals surface area contributed by atoms with E-state index in [1.165, 1.54) is 10.8 Å². The third-order valence-electron chi connectivity index (χ3n) is 7.36. The van der Waals surface area contributed by atoms with Crippen LogP contribution >= 0.6 is 23.2 Å². The normalized spacial score (nSPS) is 15.4. The maximum atomic E-state index is 13.7. The lowest BCUT2D eigenvalue weighted by atomic mass is 9.99. The number of benzene rings is 3. The Morgan fingerprint density at radius 3 is 2.38 bits per heavy atom. The summed E-state index contributed by atoms with van der Waals surface area (Å²) in [5.74, 6) is -0.316. The molecule has 1 saturated heterocycles. The van der Waals surface area contributed by atoms with Crippen molar-refractivity contribution in [1.82, 2.24) is 19.8 Å². The first-order valence-electron chi connectivity index (χ1n) is 13.6. The summed E-state index contributed by atoms with van der Waals surface area (Å²) in [6.07, 6.45) is 4.50. The van der Waals surface area contributed by atoms with Gasteiger partial charge in [-0.1, -0.05) is 59.6 Å². The number of likely N-dealkylation sites (tertiary alicyclic amines) is 1. The second-order valence-corrected chi connectivity index (χ2v) is 13.1. The van der Waals surface area contributed by atoms with E-state index in [2.05, 4.69) is 19.9 Å². The summed E-state index contributed by atoms with van der Waals surface area (Å²) in [5, 5.41) is 3.75. The minimum atomic E-state index is -3.40. The molecule has 0 radical (unpaired) electrons. The summed E-state index contributed by atoms with van der Waals surface area (Å²) >= 11 is 12.4. The number of carbonyl (C=O) groups excluding carboxylic acids is 1. The summed E-state index contributed by atoms with van der Waals surface area (Å²) in [6, 6.07) is 17.0. The van der Waals surface area contributed by atoms with Crippen LogP contribution in [0.2, 0.25) is 10.0 Å². The summed E-state index contributed by atoms with van der Waals surface area (Å²) in [4.78, 5) is 33.0. The van der Waals surface area contributed by atoms with Gasteiger partial charge < -0.3 is 10.2 Å². The molecule has 1 aliphatic rings. The van der Waals surface area contributed by atoms with Gasteiger partial charge in [0.2, 0.25) is 15.9 Å². The highest BCUT2D eigenvalue weighted by molar-refractivity contribution is 7.92. The number of carbonyl (C=O) groups is 1. The molecule has 1 fully saturated rings. The molecule has 5 rings (SSSR count). The van der Waals surface area contributed by atoms with E-state index >= 15 is 0 Å². The van der Waals surface area contributed by atoms with E-state index in [1.807, 2.05) is 30.3 Å². The van der Waals surface area contributed by atoms with Crippen molar-refractivity contribution in [1.29, 1.82) is 0 Å². The van der Waals surface area contributed by atoms with Crippen molar-refractivity contribution < 1.29 is 13.2 Å². The van der Waals surface area contributed by atoms with Crippen LogP contribution in [0.5, 0.6) is 0 Å². The molecule has 4 aromatic rings. The van der Waals surface area contributed by atoms with Crippen LogP contribution in [0.1, 0.15) is 37.4 Å². The zero-order chi connectivity index (χ0) is 30.0. The molecule has 2 atom stereocenters. The molecule has 1 amide bonds. The monoisotopic (exact) mass is 627 g/mol. The summed E-state index contributed by atoms with van der Waals surface area (Å²) in [7, 11) is -3.40. The van der Waals surface area contributed by atoms with Crippen molar-refractivity contribution >= 4 is 55.9 Å². The maximum absolute atomic E-state index is 13.7. The molecule has 3 aromatic carbocycles. The van der Waals surface area contributed by atoms with Crippen molar-refractivity contribution in [2.24, 2.45) is 0 Å². The molecule has 42 heavy (non-hydrogen) atoms. The number of fused-ring (bicyclic) bond motifs is 1. The van der Waals surface area contributed by atoms with Crippen LogP contribution < -0.4 is 15.6 Å². The smallest absolute Gasteiger partial charge is 0.270 e. The van der Waals surface area contributed by atoms with Gasteiger partial charge in [-0.15, -0.1) is 0 Å². The number of nitrogens with zero attached hydrogens (tertiary/aromatic N) is 3. The van der Waals surface area contributed by atoms with Gasteiger partial charge in [-0.3, -0.25) is 18.9 Å². The van der Waals surface area contributed by atoms with Gasteiger partial charge in [-0.05, 0) is 73.8 Å². The predicted molar refractivity (Wildman–Crippen MR) is 168 cm³/mol. The second kappa shape index (κ2) is 12.4. The van der Waals surface area contributed by atoms with Gasteiger partial charge in [-0.25, -0.2) is 13.4 Å². The molecule has 9 nitrogen and oxygen atoms in total. The highest BCUT2D eigenvalue weighted by atomic mass is 35.5. The maximum Gasteiger partial charge on any atom is 0.270 e. The Bertz CT molecular complexity index is 1790. The number of hydrogen-bond donors (Lipinski definition) is 2. The van der Waals surface area contributed by atoms with Crippen LogP contribution in [0.3, 0.4) is 0 Å². The lowest BCUT2D eigenvalue weighted by Crippen LogP contribution is -2.41. The zero-order valence-electron chi connectivity index (χ0n) is 23.2. The Morgan fingerprint density at radius 2 is 1.69 bits per heavy atom. The molecular formula is C30H31Cl2N5O4S. The minimum absolute atomic E-state index is 0.266. The largest absolute Gasteiger partial charge is 0.346 e. The molecule has 12 heteroatoms. The van der Waals surface area contributed by atoms with Crippen LogP contribution in [0.4, 0.5) is 5.69 Å². The molecule has 1 aliphatic heterocycles. The summed E-state index contributed by atoms with van der Waals surface area (Å²) < 4.78 is 27.2. The van der Waals surface area contributed by atoms with Gasteiger partial charge in [0.1, 0.15) is 6.04 Å². The average Bonchev–Trinajstić information content (AvgIpc) is 3.46. The standard InChI is InChI=1S/C30H31Cl2N5O4S/c1-19(37-28-16-25(32)24(31)15-26(28)33-17-29(37)38)30(39)34-27(18-36-12-3-4-13-36)21-10-8-20(9-11-21)22-6-5-7-23(14-22)35-42(2,40)41/h5-11,14-17,19,27,35H,3-4,12-13,18H2,1-2H3,(H,34,39). The number of anilines is 1. The number of sulfonamides is 1. The fourth-order valence-corrected chi connectivity index (χ4v) is 6.15. The van der Waals surface area contributed by atoms with Gasteiger partial charge in [0, 0.05) is 12.2 Å². The van der Waals surface area contributed by atoms with Crippen LogP contribution in [-0.4, -0.2) is 54.7 Å². The quantitative estimate of drug-likeness (QED) is 0.262. The van der Waals surface area contributed by atoms with Crippen molar-refractivity contribution in [3.8, 4) is 11.1 Å². The van der Waals surface area contributed by atoms with Gasteiger partial charge in [-0.2, -0.15) is 0 Å². The van der Waals surface area contributed by atoms with E-state index in [4.69, 9.17) is 23.2 Å². The van der Waals surface area contributed by atoms with E-state index in [9.17, 15) is 18.0 Å². The van der Waals surface area contributed by atoms with E-state index in [0.717, 1.165) is 48.9 Å². The topological polar surface area (TPSA) is 113 Å². The molecule has 1 aromatic heterocycles. The molecule has 2 N–H and O–H groups in total. The predicted octanol–water partition coefficient (Wildman–Crippen LogP) is 5.26. The summed E-state index contributed by atoms with van der Waals surface area (Å²) in [5.41, 5.74) is 3.62. The number of halogens is 2. The molecule has 0 aliphatic carbocycles. The van der Waals surface area contributed by atoms with E-state index in [1.54, 1.807) is 37.3 Å². The van der Waals surface area contributed by atoms with Crippen molar-refractivity contribution in [3.05, 3.63) is 92.8 Å². The average molecular weight is 629 g/mol. The number of hydrogen-bond acceptors (Lipinski definition) is 6. The van der Waals surface area contributed by atoms with E-state index in [0.29, 0.717) is 28.3 Å². The first-order valence-corrected chi connectivity index (χ1v) is 16.2. The zero-order valence-corrected chi connectivity index (χ0v) is 25.5. The van der Waals surface area contributed by atoms with Gasteiger partial charge >= 0.3 is 0 Å². The molecule has 0 saturated carbocycles. The SMILES string of the molecule is CC(C(=O)NC(CN1CCCC1)c1ccc(-c2cccc(NS(C)(=O)=O)c2)cc1)n1c(=O)cnc2cc(Cl)c(Cl)cc21. The Morgan fingerprint density at radius 1 is 1.00 bits per heavy atom. The molecular weight excluding hydrogens is 597 g/mol. The van der Waals surface area contributed by atoms with Crippen molar-refractivity contribution in [3.63, 3.8) is 0 Å². The lowest BCUT2D eigenvalue weighted by molar-refractivity contribution is -0.124. The number of aromatic nitrogens is 2. The van der Waals surface area contributed by atoms with Crippen LogP contribution in [0.15, 0.2) is 71.7 Å². The highest BCUT2D eigenvalue weighted by Gasteiger charge is 2.25. The number of amides is 1. The third-order valence-corrected chi connectivity index (χ3v) is 8.69. The Balaban J connectivity index is 1.42. The molecule has 2 unspecified atom stereocenters. The van der Waals surface area contributed by atoms with Crippen LogP contribution in [0, 0.1) is 0 Å². The molecule has 2 heterocycles. The van der Waals surface area contributed by atoms with Gasteiger partial charge in [0.05, 0.1) is 39.6 Å². The van der Waals surface area contributed by atoms with Gasteiger partial charge in [0.25, 0.3) is 5.56 Å². The van der Waals surface area contributed by atoms with E-state index < -0.39 is 21.6 Å². The first-order chi connectivity index (χ1) is 20.0. The Hall–Kier alpha value is -3.44. The van der Waals surface area contributed by atoms with Crippen LogP contribution in [0.25, 0.3) is 22.2 Å². The Labute approximate surface area is 254 Å². The van der Waals surface area contributed by atoms with Crippen molar-refractivity contribution in [2.45, 2.75) is 31.8 Å². The van der Waals surface area contributed by atoms with Gasteiger partial charge in [0.15, 0.2) is 0 Å². The lowest BCUT2D eigenvalue weighted by Gasteiger charge is -2.27. The minimum Gasteiger partial charge on any atom is -0.346 e. The van der Waals surface area contributed by atoms with E-state index in [-0.39, 0.29) is 17.0 Å².